The first-order valence-corrected chi connectivity index (χ1v) is 8.41. The average molecular weight is 334 g/mol. The monoisotopic (exact) mass is 333 g/mol. The normalized spacial score (nSPS) is 14.1. The van der Waals surface area contributed by atoms with Crippen LogP contribution in [0.1, 0.15) is 23.3 Å². The lowest BCUT2D eigenvalue weighted by atomic mass is 9.97. The van der Waals surface area contributed by atoms with Gasteiger partial charge in [-0.1, -0.05) is 12.1 Å². The number of hydrogen-bond donors (Lipinski definition) is 1. The lowest BCUT2D eigenvalue weighted by Gasteiger charge is -2.13. The first-order valence-electron chi connectivity index (χ1n) is 7.22. The minimum absolute atomic E-state index is 0.185. The van der Waals surface area contributed by atoms with Gasteiger partial charge in [0.2, 0.25) is 5.28 Å². The number of para-hydroxylation sites is 1. The quantitative estimate of drug-likeness (QED) is 0.662. The van der Waals surface area contributed by atoms with E-state index in [1.54, 1.807) is 29.5 Å². The van der Waals surface area contributed by atoms with E-state index in [-0.39, 0.29) is 11.1 Å². The molecule has 0 amide bonds. The van der Waals surface area contributed by atoms with Gasteiger partial charge in [-0.3, -0.25) is 0 Å². The summed E-state index contributed by atoms with van der Waals surface area (Å²) in [5, 5.41) is 4.27. The number of aromatic nitrogens is 2. The van der Waals surface area contributed by atoms with Crippen molar-refractivity contribution in [2.45, 2.75) is 25.7 Å². The lowest BCUT2D eigenvalue weighted by molar-refractivity contribution is 0.632. The number of anilines is 2. The molecule has 1 aliphatic rings. The highest BCUT2D eigenvalue weighted by Gasteiger charge is 2.21. The van der Waals surface area contributed by atoms with E-state index in [0.29, 0.717) is 11.5 Å². The smallest absolute Gasteiger partial charge is 0.225 e. The molecule has 6 heteroatoms. The number of benzene rings is 1. The number of halogens is 2. The third-order valence-electron chi connectivity index (χ3n) is 3.91. The summed E-state index contributed by atoms with van der Waals surface area (Å²) in [5.41, 5.74) is 1.69. The van der Waals surface area contributed by atoms with Gasteiger partial charge in [0.1, 0.15) is 16.5 Å². The van der Waals surface area contributed by atoms with Crippen LogP contribution in [0.15, 0.2) is 24.3 Å². The van der Waals surface area contributed by atoms with Gasteiger partial charge in [-0.05, 0) is 55.0 Å². The molecular formula is C16H13ClFN3S. The third-order valence-corrected chi connectivity index (χ3v) is 5.27. The van der Waals surface area contributed by atoms with Crippen molar-refractivity contribution in [3.63, 3.8) is 0 Å². The zero-order valence-electron chi connectivity index (χ0n) is 11.7. The van der Waals surface area contributed by atoms with Crippen molar-refractivity contribution < 1.29 is 4.39 Å². The fourth-order valence-electron chi connectivity index (χ4n) is 2.91. The second-order valence-corrected chi connectivity index (χ2v) is 6.76. The molecule has 3 nitrogen and oxygen atoms in total. The van der Waals surface area contributed by atoms with Gasteiger partial charge in [0.15, 0.2) is 0 Å². The molecule has 0 saturated carbocycles. The van der Waals surface area contributed by atoms with Crippen LogP contribution >= 0.6 is 22.9 Å². The van der Waals surface area contributed by atoms with E-state index in [4.69, 9.17) is 11.6 Å². The number of nitrogens with one attached hydrogen (secondary N) is 1. The van der Waals surface area contributed by atoms with E-state index >= 15 is 0 Å². The molecule has 1 aromatic carbocycles. The number of fused-ring (bicyclic) bond motifs is 3. The SMILES string of the molecule is Fc1ccccc1Nc1nc(Cl)nc2sc3c(c12)CCCC3. The Hall–Kier alpha value is -1.72. The Labute approximate surface area is 136 Å². The molecule has 0 spiro atoms. The first-order chi connectivity index (χ1) is 10.7. The number of nitrogens with zero attached hydrogens (tertiary/aromatic N) is 2. The Morgan fingerprint density at radius 2 is 1.95 bits per heavy atom. The average Bonchev–Trinajstić information content (AvgIpc) is 2.87. The summed E-state index contributed by atoms with van der Waals surface area (Å²) in [6, 6.07) is 6.56. The summed E-state index contributed by atoms with van der Waals surface area (Å²) in [6.45, 7) is 0. The third kappa shape index (κ3) is 2.34. The minimum atomic E-state index is -0.311. The molecule has 0 atom stereocenters. The number of rotatable bonds is 2. The molecule has 2 heterocycles. The Bertz CT molecular complexity index is 862. The highest BCUT2D eigenvalue weighted by Crippen LogP contribution is 2.39. The van der Waals surface area contributed by atoms with E-state index < -0.39 is 0 Å². The topological polar surface area (TPSA) is 37.8 Å². The molecular weight excluding hydrogens is 321 g/mol. The van der Waals surface area contributed by atoms with Crippen LogP contribution in [0.5, 0.6) is 0 Å². The maximum absolute atomic E-state index is 13.9. The Balaban J connectivity index is 1.89. The molecule has 0 bridgehead atoms. The van der Waals surface area contributed by atoms with Crippen LogP contribution < -0.4 is 5.32 Å². The van der Waals surface area contributed by atoms with Gasteiger partial charge < -0.3 is 5.32 Å². The second-order valence-electron chi connectivity index (χ2n) is 5.34. The standard InChI is InChI=1S/C16H13ClFN3S/c17-16-20-14(19-11-7-3-2-6-10(11)18)13-9-5-1-4-8-12(9)22-15(13)21-16/h2-3,6-7H,1,4-5,8H2,(H,19,20,21). The summed E-state index contributed by atoms with van der Waals surface area (Å²) in [4.78, 5) is 10.9. The van der Waals surface area contributed by atoms with E-state index in [1.165, 1.54) is 29.3 Å². The maximum Gasteiger partial charge on any atom is 0.225 e. The van der Waals surface area contributed by atoms with Gasteiger partial charge in [-0.15, -0.1) is 11.3 Å². The van der Waals surface area contributed by atoms with Crippen molar-refractivity contribution in [1.29, 1.82) is 0 Å². The molecule has 0 radical (unpaired) electrons. The van der Waals surface area contributed by atoms with Crippen LogP contribution in [0.4, 0.5) is 15.9 Å². The van der Waals surface area contributed by atoms with Gasteiger partial charge in [0, 0.05) is 4.88 Å². The minimum Gasteiger partial charge on any atom is -0.337 e. The fraction of sp³-hybridized carbons (Fsp3) is 0.250. The zero-order valence-corrected chi connectivity index (χ0v) is 13.3. The molecule has 22 heavy (non-hydrogen) atoms. The van der Waals surface area contributed by atoms with Crippen molar-refractivity contribution in [3.8, 4) is 0 Å². The van der Waals surface area contributed by atoms with E-state index in [1.807, 2.05) is 0 Å². The van der Waals surface area contributed by atoms with E-state index in [0.717, 1.165) is 23.1 Å². The van der Waals surface area contributed by atoms with E-state index in [2.05, 4.69) is 15.3 Å². The highest BCUT2D eigenvalue weighted by molar-refractivity contribution is 7.19. The molecule has 1 N–H and O–H groups in total. The molecule has 1 aliphatic carbocycles. The summed E-state index contributed by atoms with van der Waals surface area (Å²) >= 11 is 7.72. The number of aryl methyl sites for hydroxylation is 2. The van der Waals surface area contributed by atoms with Gasteiger partial charge in [-0.25, -0.2) is 9.37 Å². The largest absolute Gasteiger partial charge is 0.337 e. The van der Waals surface area contributed by atoms with Crippen LogP contribution in [0, 0.1) is 5.82 Å². The van der Waals surface area contributed by atoms with Crippen LogP contribution in [0.2, 0.25) is 5.28 Å². The van der Waals surface area contributed by atoms with Crippen molar-refractivity contribution in [2.24, 2.45) is 0 Å². The number of thiophene rings is 1. The predicted molar refractivity (Wildman–Crippen MR) is 88.7 cm³/mol. The van der Waals surface area contributed by atoms with Crippen LogP contribution in [0.25, 0.3) is 10.2 Å². The summed E-state index contributed by atoms with van der Waals surface area (Å²) in [5.74, 6) is 0.286. The molecule has 3 aromatic rings. The van der Waals surface area contributed by atoms with Crippen molar-refractivity contribution in [1.82, 2.24) is 9.97 Å². The Kier molecular flexibility index (Phi) is 3.47. The van der Waals surface area contributed by atoms with Gasteiger partial charge in [0.05, 0.1) is 11.1 Å². The van der Waals surface area contributed by atoms with Crippen LogP contribution in [0.3, 0.4) is 0 Å². The Morgan fingerprint density at radius 3 is 2.82 bits per heavy atom. The molecule has 0 unspecified atom stereocenters. The number of hydrogen-bond acceptors (Lipinski definition) is 4. The zero-order chi connectivity index (χ0) is 15.1. The highest BCUT2D eigenvalue weighted by atomic mass is 35.5. The van der Waals surface area contributed by atoms with Crippen molar-refractivity contribution in [2.75, 3.05) is 5.32 Å². The van der Waals surface area contributed by atoms with Crippen molar-refractivity contribution >= 4 is 44.7 Å². The lowest BCUT2D eigenvalue weighted by Crippen LogP contribution is -2.02. The predicted octanol–water partition coefficient (Wildman–Crippen LogP) is 5.11. The van der Waals surface area contributed by atoms with Crippen LogP contribution in [-0.4, -0.2) is 9.97 Å². The fourth-order valence-corrected chi connectivity index (χ4v) is 4.39. The van der Waals surface area contributed by atoms with Crippen molar-refractivity contribution in [3.05, 3.63) is 45.8 Å². The first kappa shape index (κ1) is 13.9. The summed E-state index contributed by atoms with van der Waals surface area (Å²) < 4.78 is 13.9. The molecule has 0 fully saturated rings. The van der Waals surface area contributed by atoms with Crippen LogP contribution in [-0.2, 0) is 12.8 Å². The summed E-state index contributed by atoms with van der Waals surface area (Å²) in [7, 11) is 0. The molecule has 0 saturated heterocycles. The maximum atomic E-state index is 13.9. The summed E-state index contributed by atoms with van der Waals surface area (Å²) in [6.07, 6.45) is 4.47. The van der Waals surface area contributed by atoms with Gasteiger partial charge in [0.25, 0.3) is 0 Å². The van der Waals surface area contributed by atoms with Gasteiger partial charge >= 0.3 is 0 Å². The molecule has 2 aromatic heterocycles. The second kappa shape index (κ2) is 5.48. The van der Waals surface area contributed by atoms with Gasteiger partial charge in [-0.2, -0.15) is 4.98 Å². The van der Waals surface area contributed by atoms with E-state index in [9.17, 15) is 4.39 Å². The Morgan fingerprint density at radius 1 is 1.14 bits per heavy atom. The molecule has 4 rings (SSSR count). The molecule has 112 valence electrons. The molecule has 0 aliphatic heterocycles.